The summed E-state index contributed by atoms with van der Waals surface area (Å²) in [5, 5.41) is 15.1. The van der Waals surface area contributed by atoms with E-state index in [1.165, 1.54) is 12.8 Å². The van der Waals surface area contributed by atoms with E-state index in [2.05, 4.69) is 30.7 Å². The first kappa shape index (κ1) is 17.6. The number of hydrogen-bond acceptors (Lipinski definition) is 5. The summed E-state index contributed by atoms with van der Waals surface area (Å²) < 4.78 is 7.18. The maximum absolute atomic E-state index is 5.20. The molecule has 0 radical (unpaired) electrons. The molecule has 0 aromatic carbocycles. The molecule has 1 unspecified atom stereocenters. The largest absolute Gasteiger partial charge is 0.383 e. The minimum atomic E-state index is 0.530. The SMILES string of the molecule is CN=C(NCc1nnc2ccccn12)NCC1CCCN1CCOC. The molecule has 136 valence electrons. The number of aromatic nitrogens is 3. The number of guanidine groups is 1. The molecule has 1 atom stereocenters. The van der Waals surface area contributed by atoms with Crippen LogP contribution < -0.4 is 10.6 Å². The van der Waals surface area contributed by atoms with E-state index in [4.69, 9.17) is 4.74 Å². The van der Waals surface area contributed by atoms with Gasteiger partial charge in [-0.05, 0) is 31.5 Å². The fourth-order valence-electron chi connectivity index (χ4n) is 3.24. The molecule has 2 aromatic heterocycles. The average Bonchev–Trinajstić information content (AvgIpc) is 3.27. The minimum absolute atomic E-state index is 0.530. The zero-order valence-corrected chi connectivity index (χ0v) is 15.0. The molecule has 0 spiro atoms. The smallest absolute Gasteiger partial charge is 0.191 e. The van der Waals surface area contributed by atoms with Gasteiger partial charge in [-0.3, -0.25) is 14.3 Å². The van der Waals surface area contributed by atoms with Gasteiger partial charge in [0, 0.05) is 39.5 Å². The first-order valence-electron chi connectivity index (χ1n) is 8.78. The lowest BCUT2D eigenvalue weighted by molar-refractivity contribution is 0.141. The number of aliphatic imine (C=N–C) groups is 1. The summed E-state index contributed by atoms with van der Waals surface area (Å²) in [6, 6.07) is 6.40. The monoisotopic (exact) mass is 345 g/mol. The van der Waals surface area contributed by atoms with Crippen LogP contribution in [0.1, 0.15) is 18.7 Å². The number of pyridine rings is 1. The van der Waals surface area contributed by atoms with Crippen LogP contribution in [0.4, 0.5) is 0 Å². The summed E-state index contributed by atoms with van der Waals surface area (Å²) >= 11 is 0. The van der Waals surface area contributed by atoms with Gasteiger partial charge < -0.3 is 15.4 Å². The van der Waals surface area contributed by atoms with Crippen LogP contribution in [0, 0.1) is 0 Å². The van der Waals surface area contributed by atoms with Crippen molar-refractivity contribution < 1.29 is 4.74 Å². The lowest BCUT2D eigenvalue weighted by Gasteiger charge is -2.25. The van der Waals surface area contributed by atoms with Crippen molar-refractivity contribution in [1.29, 1.82) is 0 Å². The lowest BCUT2D eigenvalue weighted by Crippen LogP contribution is -2.45. The average molecular weight is 345 g/mol. The summed E-state index contributed by atoms with van der Waals surface area (Å²) in [6.07, 6.45) is 4.42. The van der Waals surface area contributed by atoms with Gasteiger partial charge in [-0.15, -0.1) is 10.2 Å². The van der Waals surface area contributed by atoms with Gasteiger partial charge in [0.2, 0.25) is 0 Å². The van der Waals surface area contributed by atoms with Crippen LogP contribution in [-0.4, -0.2) is 71.9 Å². The molecule has 0 saturated carbocycles. The van der Waals surface area contributed by atoms with Gasteiger partial charge >= 0.3 is 0 Å². The fraction of sp³-hybridized carbons (Fsp3) is 0.588. The summed E-state index contributed by atoms with van der Waals surface area (Å²) in [7, 11) is 3.54. The molecule has 3 rings (SSSR count). The third kappa shape index (κ3) is 4.46. The number of nitrogens with one attached hydrogen (secondary N) is 2. The van der Waals surface area contributed by atoms with Crippen LogP contribution in [0.15, 0.2) is 29.4 Å². The van der Waals surface area contributed by atoms with E-state index >= 15 is 0 Å². The maximum Gasteiger partial charge on any atom is 0.191 e. The van der Waals surface area contributed by atoms with Gasteiger partial charge in [0.15, 0.2) is 17.4 Å². The zero-order chi connectivity index (χ0) is 17.5. The number of fused-ring (bicyclic) bond motifs is 1. The van der Waals surface area contributed by atoms with Crippen LogP contribution in [0.2, 0.25) is 0 Å². The van der Waals surface area contributed by atoms with E-state index in [0.717, 1.165) is 43.7 Å². The summed E-state index contributed by atoms with van der Waals surface area (Å²) in [6.45, 7) is 4.37. The third-order valence-electron chi connectivity index (χ3n) is 4.61. The summed E-state index contributed by atoms with van der Waals surface area (Å²) in [4.78, 5) is 6.79. The standard InChI is InChI=1S/C17H27N7O/c1-18-17(19-12-14-6-5-8-23(14)10-11-25-2)20-13-16-22-21-15-7-3-4-9-24(15)16/h3-4,7,9,14H,5-6,8,10-13H2,1-2H3,(H2,18,19,20). The van der Waals surface area contributed by atoms with Crippen molar-refractivity contribution >= 4 is 11.6 Å². The highest BCUT2D eigenvalue weighted by atomic mass is 16.5. The van der Waals surface area contributed by atoms with E-state index in [0.29, 0.717) is 12.6 Å². The van der Waals surface area contributed by atoms with Crippen molar-refractivity contribution in [1.82, 2.24) is 30.1 Å². The Kier molecular flexibility index (Phi) is 6.19. The highest BCUT2D eigenvalue weighted by Crippen LogP contribution is 2.15. The molecule has 1 fully saturated rings. The van der Waals surface area contributed by atoms with E-state index in [1.807, 2.05) is 28.8 Å². The highest BCUT2D eigenvalue weighted by molar-refractivity contribution is 5.79. The predicted molar refractivity (Wildman–Crippen MR) is 97.7 cm³/mol. The van der Waals surface area contributed by atoms with Crippen LogP contribution in [0.25, 0.3) is 5.65 Å². The maximum atomic E-state index is 5.20. The third-order valence-corrected chi connectivity index (χ3v) is 4.61. The van der Waals surface area contributed by atoms with Crippen LogP contribution in [-0.2, 0) is 11.3 Å². The number of likely N-dealkylation sites (tertiary alicyclic amines) is 1. The molecule has 1 aliphatic rings. The number of nitrogens with zero attached hydrogens (tertiary/aromatic N) is 5. The highest BCUT2D eigenvalue weighted by Gasteiger charge is 2.23. The lowest BCUT2D eigenvalue weighted by atomic mass is 10.2. The van der Waals surface area contributed by atoms with Crippen molar-refractivity contribution in [2.45, 2.75) is 25.4 Å². The molecule has 8 heteroatoms. The molecule has 8 nitrogen and oxygen atoms in total. The normalized spacial score (nSPS) is 18.8. The van der Waals surface area contributed by atoms with E-state index in [-0.39, 0.29) is 0 Å². The topological polar surface area (TPSA) is 79.1 Å². The van der Waals surface area contributed by atoms with E-state index in [9.17, 15) is 0 Å². The summed E-state index contributed by atoms with van der Waals surface area (Å²) in [5.41, 5.74) is 0.849. The molecule has 0 amide bonds. The quantitative estimate of drug-likeness (QED) is 0.562. The fourth-order valence-corrected chi connectivity index (χ4v) is 3.24. The van der Waals surface area contributed by atoms with Crippen molar-refractivity contribution in [2.75, 3.05) is 40.4 Å². The zero-order valence-electron chi connectivity index (χ0n) is 15.0. The molecule has 0 aliphatic carbocycles. The molecule has 2 N–H and O–H groups in total. The van der Waals surface area contributed by atoms with Crippen LogP contribution >= 0.6 is 0 Å². The van der Waals surface area contributed by atoms with Gasteiger partial charge in [-0.2, -0.15) is 0 Å². The molecular formula is C17H27N7O. The van der Waals surface area contributed by atoms with E-state index < -0.39 is 0 Å². The number of hydrogen-bond donors (Lipinski definition) is 2. The number of ether oxygens (including phenoxy) is 1. The Morgan fingerprint density at radius 1 is 1.36 bits per heavy atom. The molecule has 2 aromatic rings. The predicted octanol–water partition coefficient (Wildman–Crippen LogP) is 0.505. The van der Waals surface area contributed by atoms with Crippen molar-refractivity contribution in [3.8, 4) is 0 Å². The Bertz CT molecular complexity index is 699. The Hall–Kier alpha value is -2.19. The molecule has 1 aliphatic heterocycles. The van der Waals surface area contributed by atoms with E-state index in [1.54, 1.807) is 14.2 Å². The summed E-state index contributed by atoms with van der Waals surface area (Å²) in [5.74, 6) is 1.65. The Balaban J connectivity index is 1.50. The Morgan fingerprint density at radius 3 is 3.12 bits per heavy atom. The van der Waals surface area contributed by atoms with Crippen molar-refractivity contribution in [2.24, 2.45) is 4.99 Å². The van der Waals surface area contributed by atoms with Crippen molar-refractivity contribution in [3.63, 3.8) is 0 Å². The molecule has 0 bridgehead atoms. The molecule has 1 saturated heterocycles. The number of rotatable bonds is 7. The second-order valence-electron chi connectivity index (χ2n) is 6.18. The molecule has 3 heterocycles. The van der Waals surface area contributed by atoms with Gasteiger partial charge in [0.1, 0.15) is 0 Å². The second kappa shape index (κ2) is 8.77. The van der Waals surface area contributed by atoms with Crippen molar-refractivity contribution in [3.05, 3.63) is 30.2 Å². The van der Waals surface area contributed by atoms with Gasteiger partial charge in [-0.25, -0.2) is 0 Å². The minimum Gasteiger partial charge on any atom is -0.383 e. The first-order chi connectivity index (χ1) is 12.3. The van der Waals surface area contributed by atoms with Gasteiger partial charge in [-0.1, -0.05) is 6.07 Å². The van der Waals surface area contributed by atoms with Crippen LogP contribution in [0.5, 0.6) is 0 Å². The Labute approximate surface area is 148 Å². The number of methoxy groups -OCH3 is 1. The molecule has 25 heavy (non-hydrogen) atoms. The first-order valence-corrected chi connectivity index (χ1v) is 8.78. The second-order valence-corrected chi connectivity index (χ2v) is 6.18. The molecular weight excluding hydrogens is 318 g/mol. The Morgan fingerprint density at radius 2 is 2.28 bits per heavy atom. The van der Waals surface area contributed by atoms with Crippen LogP contribution in [0.3, 0.4) is 0 Å². The van der Waals surface area contributed by atoms with Gasteiger partial charge in [0.25, 0.3) is 0 Å². The van der Waals surface area contributed by atoms with Gasteiger partial charge in [0.05, 0.1) is 13.2 Å².